The first-order valence-electron chi connectivity index (χ1n) is 12.9. The molecule has 8 nitrogen and oxygen atoms in total. The molecule has 0 aliphatic carbocycles. The summed E-state index contributed by atoms with van der Waals surface area (Å²) >= 11 is 6.31. The van der Waals surface area contributed by atoms with Crippen molar-refractivity contribution in [2.45, 2.75) is 52.6 Å². The fourth-order valence-corrected chi connectivity index (χ4v) is 5.35. The molecule has 0 bridgehead atoms. The van der Waals surface area contributed by atoms with Crippen LogP contribution in [0.4, 0.5) is 5.69 Å². The number of tetrazole rings is 1. The number of rotatable bonds is 5. The predicted molar refractivity (Wildman–Crippen MR) is 149 cm³/mol. The van der Waals surface area contributed by atoms with E-state index in [0.717, 1.165) is 54.2 Å². The van der Waals surface area contributed by atoms with Crippen LogP contribution in [-0.2, 0) is 12.0 Å². The van der Waals surface area contributed by atoms with Crippen molar-refractivity contribution in [2.24, 2.45) is 0 Å². The molecule has 0 radical (unpaired) electrons. The van der Waals surface area contributed by atoms with Crippen LogP contribution in [0.2, 0.25) is 5.02 Å². The lowest BCUT2D eigenvalue weighted by molar-refractivity contribution is 0.190. The van der Waals surface area contributed by atoms with E-state index in [1.807, 2.05) is 28.9 Å². The number of aryl methyl sites for hydroxylation is 2. The summed E-state index contributed by atoms with van der Waals surface area (Å²) in [5.74, 6) is 0.677. The molecular formula is C28H34ClN7O. The van der Waals surface area contributed by atoms with E-state index in [1.54, 1.807) is 0 Å². The molecule has 3 heterocycles. The van der Waals surface area contributed by atoms with Gasteiger partial charge in [-0.15, -0.1) is 5.10 Å². The van der Waals surface area contributed by atoms with E-state index in [4.69, 9.17) is 11.6 Å². The van der Waals surface area contributed by atoms with E-state index in [1.165, 1.54) is 11.1 Å². The van der Waals surface area contributed by atoms with Crippen molar-refractivity contribution in [3.63, 3.8) is 0 Å². The first-order chi connectivity index (χ1) is 17.7. The number of aromatic nitrogens is 5. The van der Waals surface area contributed by atoms with Gasteiger partial charge in [0, 0.05) is 48.0 Å². The lowest BCUT2D eigenvalue weighted by atomic mass is 10.00. The SMILES string of the molecule is CCc1ccc2[nH]c(=O)c([C@H](c3nnnn3C(C)(C)C)N3CCN(c4cc(Cl)ccc4C)CC3)cc2c1. The van der Waals surface area contributed by atoms with Crippen LogP contribution in [0.1, 0.15) is 56.3 Å². The smallest absolute Gasteiger partial charge is 0.253 e. The molecule has 0 saturated carbocycles. The molecule has 5 rings (SSSR count). The number of benzene rings is 2. The Morgan fingerprint density at radius 1 is 1.05 bits per heavy atom. The number of hydrogen-bond acceptors (Lipinski definition) is 6. The number of nitrogens with zero attached hydrogens (tertiary/aromatic N) is 6. The van der Waals surface area contributed by atoms with E-state index in [-0.39, 0.29) is 17.1 Å². The van der Waals surface area contributed by atoms with Crippen LogP contribution in [0.25, 0.3) is 10.9 Å². The van der Waals surface area contributed by atoms with Crippen molar-refractivity contribution in [3.05, 3.63) is 80.4 Å². The van der Waals surface area contributed by atoms with Gasteiger partial charge >= 0.3 is 0 Å². The second kappa shape index (κ2) is 9.91. The maximum atomic E-state index is 13.5. The van der Waals surface area contributed by atoms with Crippen LogP contribution in [0, 0.1) is 6.92 Å². The minimum Gasteiger partial charge on any atom is -0.369 e. The van der Waals surface area contributed by atoms with Crippen molar-refractivity contribution in [1.82, 2.24) is 30.1 Å². The topological polar surface area (TPSA) is 82.9 Å². The predicted octanol–water partition coefficient (Wildman–Crippen LogP) is 4.71. The number of H-pyrrole nitrogens is 1. The van der Waals surface area contributed by atoms with Crippen LogP contribution >= 0.6 is 11.6 Å². The van der Waals surface area contributed by atoms with E-state index >= 15 is 0 Å². The average molecular weight is 520 g/mol. The highest BCUT2D eigenvalue weighted by Crippen LogP contribution is 2.32. The van der Waals surface area contributed by atoms with Crippen molar-refractivity contribution in [1.29, 1.82) is 0 Å². The zero-order valence-electron chi connectivity index (χ0n) is 22.1. The highest BCUT2D eigenvalue weighted by atomic mass is 35.5. The summed E-state index contributed by atoms with van der Waals surface area (Å²) in [7, 11) is 0. The van der Waals surface area contributed by atoms with Gasteiger partial charge < -0.3 is 9.88 Å². The Bertz CT molecular complexity index is 1480. The third-order valence-corrected chi connectivity index (χ3v) is 7.44. The monoisotopic (exact) mass is 519 g/mol. The van der Waals surface area contributed by atoms with Crippen molar-refractivity contribution in [3.8, 4) is 0 Å². The molecule has 9 heteroatoms. The fraction of sp³-hybridized carbons (Fsp3) is 0.429. The minimum absolute atomic E-state index is 0.113. The number of anilines is 1. The summed E-state index contributed by atoms with van der Waals surface area (Å²) < 4.78 is 1.84. The van der Waals surface area contributed by atoms with E-state index in [0.29, 0.717) is 11.4 Å². The van der Waals surface area contributed by atoms with Crippen LogP contribution in [0.5, 0.6) is 0 Å². The fourth-order valence-electron chi connectivity index (χ4n) is 5.18. The molecule has 0 unspecified atom stereocenters. The molecule has 1 fully saturated rings. The number of piperazine rings is 1. The summed E-state index contributed by atoms with van der Waals surface area (Å²) in [6.07, 6.45) is 0.932. The maximum absolute atomic E-state index is 13.5. The second-order valence-corrected chi connectivity index (χ2v) is 11.2. The largest absolute Gasteiger partial charge is 0.369 e. The van der Waals surface area contributed by atoms with Crippen LogP contribution in [-0.4, -0.2) is 56.3 Å². The lowest BCUT2D eigenvalue weighted by Crippen LogP contribution is -2.49. The molecule has 2 aromatic carbocycles. The van der Waals surface area contributed by atoms with Gasteiger partial charge in [-0.2, -0.15) is 0 Å². The molecule has 1 saturated heterocycles. The van der Waals surface area contributed by atoms with Crippen LogP contribution in [0.3, 0.4) is 0 Å². The van der Waals surface area contributed by atoms with Gasteiger partial charge in [-0.05, 0) is 91.4 Å². The molecule has 1 aliphatic heterocycles. The molecule has 2 aromatic heterocycles. The Morgan fingerprint density at radius 2 is 1.81 bits per heavy atom. The summed E-state index contributed by atoms with van der Waals surface area (Å²) in [6, 6.07) is 13.9. The number of halogens is 1. The molecule has 194 valence electrons. The Labute approximate surface area is 222 Å². The van der Waals surface area contributed by atoms with Gasteiger partial charge in [0.05, 0.1) is 5.54 Å². The molecule has 0 amide bonds. The van der Waals surface area contributed by atoms with Crippen molar-refractivity contribution < 1.29 is 0 Å². The molecule has 0 spiro atoms. The first kappa shape index (κ1) is 25.4. The third kappa shape index (κ3) is 5.00. The Hall–Kier alpha value is -3.23. The van der Waals surface area contributed by atoms with Gasteiger partial charge in [0.25, 0.3) is 5.56 Å². The minimum atomic E-state index is -0.379. The zero-order chi connectivity index (χ0) is 26.3. The van der Waals surface area contributed by atoms with Crippen LogP contribution in [0.15, 0.2) is 47.3 Å². The van der Waals surface area contributed by atoms with Crippen molar-refractivity contribution in [2.75, 3.05) is 31.1 Å². The summed E-state index contributed by atoms with van der Waals surface area (Å²) in [5, 5.41) is 14.6. The quantitative estimate of drug-likeness (QED) is 0.411. The Balaban J connectivity index is 1.56. The molecule has 4 aromatic rings. The normalized spacial score (nSPS) is 15.9. The number of pyridine rings is 1. The van der Waals surface area contributed by atoms with Gasteiger partial charge in [-0.1, -0.05) is 30.7 Å². The lowest BCUT2D eigenvalue weighted by Gasteiger charge is -2.40. The standard InChI is InChI=1S/C28H34ClN7O/c1-6-19-8-10-23-20(15-19)16-22(27(37)30-23)25(26-31-32-33-36(26)28(3,4)5)35-13-11-34(12-14-35)24-17-21(29)9-7-18(24)2/h7-10,15-17,25H,6,11-14H2,1-5H3,(H,30,37)/t25-/m1/s1. The summed E-state index contributed by atoms with van der Waals surface area (Å²) in [5.41, 5.74) is 4.62. The maximum Gasteiger partial charge on any atom is 0.253 e. The van der Waals surface area contributed by atoms with E-state index < -0.39 is 0 Å². The average Bonchev–Trinajstić information content (AvgIpc) is 3.36. The number of aromatic amines is 1. The van der Waals surface area contributed by atoms with Gasteiger partial charge in [0.1, 0.15) is 6.04 Å². The summed E-state index contributed by atoms with van der Waals surface area (Å²) in [6.45, 7) is 13.6. The number of nitrogens with one attached hydrogen (secondary N) is 1. The molecule has 1 aliphatic rings. The Kier molecular flexibility index (Phi) is 6.81. The highest BCUT2D eigenvalue weighted by Gasteiger charge is 2.35. The zero-order valence-corrected chi connectivity index (χ0v) is 22.9. The van der Waals surface area contributed by atoms with Gasteiger partial charge in [-0.3, -0.25) is 9.69 Å². The molecule has 1 N–H and O–H groups in total. The Morgan fingerprint density at radius 3 is 2.51 bits per heavy atom. The summed E-state index contributed by atoms with van der Waals surface area (Å²) in [4.78, 5) is 21.3. The van der Waals surface area contributed by atoms with E-state index in [9.17, 15) is 4.79 Å². The molecule has 37 heavy (non-hydrogen) atoms. The van der Waals surface area contributed by atoms with Gasteiger partial charge in [0.2, 0.25) is 0 Å². The highest BCUT2D eigenvalue weighted by molar-refractivity contribution is 6.30. The third-order valence-electron chi connectivity index (χ3n) is 7.21. The van der Waals surface area contributed by atoms with Crippen molar-refractivity contribution >= 4 is 28.2 Å². The second-order valence-electron chi connectivity index (χ2n) is 10.8. The first-order valence-corrected chi connectivity index (χ1v) is 13.2. The van der Waals surface area contributed by atoms with Crippen LogP contribution < -0.4 is 10.5 Å². The van der Waals surface area contributed by atoms with E-state index in [2.05, 4.69) is 83.1 Å². The van der Waals surface area contributed by atoms with Gasteiger partial charge in [0.15, 0.2) is 5.82 Å². The molecule has 1 atom stereocenters. The van der Waals surface area contributed by atoms with Gasteiger partial charge in [-0.25, -0.2) is 4.68 Å². The number of hydrogen-bond donors (Lipinski definition) is 1. The molecular weight excluding hydrogens is 486 g/mol. The number of fused-ring (bicyclic) bond motifs is 1.